The minimum Gasteiger partial charge on any atom is -0.269 e. The minimum absolute atomic E-state index is 0. The Balaban J connectivity index is 0.00000169. The van der Waals surface area contributed by atoms with Crippen molar-refractivity contribution in [1.82, 2.24) is 0 Å². The molecule has 0 bridgehead atoms. The third-order valence-electron chi connectivity index (χ3n) is 2.44. The summed E-state index contributed by atoms with van der Waals surface area (Å²) in [6.07, 6.45) is 2.80. The summed E-state index contributed by atoms with van der Waals surface area (Å²) < 4.78 is 4.71. The van der Waals surface area contributed by atoms with Gasteiger partial charge in [0, 0.05) is 0 Å². The predicted octanol–water partition coefficient (Wildman–Crippen LogP) is 3.36. The van der Waals surface area contributed by atoms with Crippen LogP contribution in [0.2, 0.25) is 8.87 Å². The minimum atomic E-state index is -1.16. The zero-order valence-electron chi connectivity index (χ0n) is 9.12. The molecule has 0 N–H and O–H groups in total. The van der Waals surface area contributed by atoms with E-state index in [9.17, 15) is 0 Å². The summed E-state index contributed by atoms with van der Waals surface area (Å²) in [5.41, 5.74) is 0. The molecule has 0 heterocycles. The Bertz CT molecular complexity index is 223. The van der Waals surface area contributed by atoms with Crippen molar-refractivity contribution in [2.45, 2.75) is 35.6 Å². The molecular weight excluding hydrogens is 282 g/mol. The summed E-state index contributed by atoms with van der Waals surface area (Å²) in [5, 5.41) is 0. The van der Waals surface area contributed by atoms with E-state index in [0.717, 1.165) is 0 Å². The summed E-state index contributed by atoms with van der Waals surface area (Å²) in [7, 11) is 0. The fourth-order valence-corrected chi connectivity index (χ4v) is 8.71. The molecule has 1 aromatic carbocycles. The normalized spacial score (nSPS) is 9.93. The van der Waals surface area contributed by atoms with Crippen LogP contribution in [-0.2, 0) is 0 Å². The van der Waals surface area contributed by atoms with E-state index in [0.29, 0.717) is 0 Å². The average Bonchev–Trinajstić information content (AvgIpc) is 2.21. The quantitative estimate of drug-likeness (QED) is 0.732. The molecule has 0 aliphatic carbocycles. The number of hydrogen-bond acceptors (Lipinski definition) is 0. The molecule has 0 atom stereocenters. The third kappa shape index (κ3) is 4.45. The van der Waals surface area contributed by atoms with Crippen LogP contribution >= 0.6 is 0 Å². The maximum atomic E-state index is 2.37. The number of hydrogen-bond donors (Lipinski definition) is 0. The van der Waals surface area contributed by atoms with E-state index in [2.05, 4.69) is 44.2 Å². The Hall–Kier alpha value is -0.0513. The van der Waals surface area contributed by atoms with E-state index < -0.39 is 19.8 Å². The molecule has 0 aromatic heterocycles. The van der Waals surface area contributed by atoms with Crippen LogP contribution in [0.4, 0.5) is 4.70 Å². The molecule has 0 saturated carbocycles. The van der Waals surface area contributed by atoms with Gasteiger partial charge in [-0.15, -0.1) is 0 Å². The summed E-state index contributed by atoms with van der Waals surface area (Å²) in [6.45, 7) is 4.67. The van der Waals surface area contributed by atoms with Gasteiger partial charge in [0.1, 0.15) is 0 Å². The van der Waals surface area contributed by atoms with E-state index in [1.54, 1.807) is 8.02 Å². The van der Waals surface area contributed by atoms with Crippen molar-refractivity contribution in [2.75, 3.05) is 0 Å². The summed E-state index contributed by atoms with van der Waals surface area (Å²) in [6, 6.07) is 11.2. The van der Waals surface area contributed by atoms with Crippen molar-refractivity contribution in [3.8, 4) is 0 Å². The first kappa shape index (κ1) is 13.9. The zero-order chi connectivity index (χ0) is 9.52. The van der Waals surface area contributed by atoms with Crippen molar-refractivity contribution in [1.29, 1.82) is 0 Å². The molecular formula is C12H20FSn. The fraction of sp³-hybridized carbons (Fsp3) is 0.500. The van der Waals surface area contributed by atoms with Gasteiger partial charge >= 0.3 is 89.2 Å². The number of halogens is 1. The van der Waals surface area contributed by atoms with Crippen molar-refractivity contribution in [3.63, 3.8) is 0 Å². The SMILES string of the molecule is CCC[CH2][Sn]([CH2]C)[c]1ccccc1.F. The van der Waals surface area contributed by atoms with Gasteiger partial charge in [-0.25, -0.2) is 0 Å². The van der Waals surface area contributed by atoms with Crippen molar-refractivity contribution >= 4 is 23.3 Å². The molecule has 0 amide bonds. The molecule has 1 radical (unpaired) electrons. The maximum absolute atomic E-state index is 2.37. The van der Waals surface area contributed by atoms with E-state index in [1.807, 2.05) is 0 Å². The molecule has 0 spiro atoms. The van der Waals surface area contributed by atoms with Crippen LogP contribution < -0.4 is 3.58 Å². The number of unbranched alkanes of at least 4 members (excludes halogenated alkanes) is 1. The molecule has 14 heavy (non-hydrogen) atoms. The van der Waals surface area contributed by atoms with Gasteiger partial charge in [0.25, 0.3) is 0 Å². The first-order chi connectivity index (χ1) is 6.38. The second-order valence-corrected chi connectivity index (χ2v) is 12.0. The van der Waals surface area contributed by atoms with Crippen molar-refractivity contribution in [2.24, 2.45) is 0 Å². The third-order valence-corrected chi connectivity index (χ3v) is 10.9. The largest absolute Gasteiger partial charge is 0.269 e. The monoisotopic (exact) mass is 303 g/mol. The molecule has 0 aliphatic rings. The van der Waals surface area contributed by atoms with Gasteiger partial charge in [-0.05, 0) is 0 Å². The Morgan fingerprint density at radius 3 is 2.21 bits per heavy atom. The van der Waals surface area contributed by atoms with Crippen LogP contribution in [0.3, 0.4) is 0 Å². The molecule has 2 heteroatoms. The number of benzene rings is 1. The Morgan fingerprint density at radius 2 is 1.71 bits per heavy atom. The van der Waals surface area contributed by atoms with Gasteiger partial charge in [-0.3, -0.25) is 4.70 Å². The smallest absolute Gasteiger partial charge is 0.269 e. The van der Waals surface area contributed by atoms with Gasteiger partial charge in [0.05, 0.1) is 0 Å². The summed E-state index contributed by atoms with van der Waals surface area (Å²) in [4.78, 5) is 0. The van der Waals surface area contributed by atoms with E-state index in [4.69, 9.17) is 0 Å². The fourth-order valence-electron chi connectivity index (χ4n) is 1.59. The average molecular weight is 302 g/mol. The van der Waals surface area contributed by atoms with Crippen LogP contribution in [-0.4, -0.2) is 19.8 Å². The van der Waals surface area contributed by atoms with Crippen LogP contribution in [0.5, 0.6) is 0 Å². The standard InChI is InChI=1S/C6H5.C4H9.C2H5.FH.Sn/c1-2-4-6-5-3-1;1-3-4-2;1-2;;/h1-5H;1,3-4H2,2H3;1H2,2H3;1H;. The topological polar surface area (TPSA) is 0 Å². The molecule has 79 valence electrons. The van der Waals surface area contributed by atoms with Gasteiger partial charge in [-0.1, -0.05) is 0 Å². The van der Waals surface area contributed by atoms with E-state index >= 15 is 0 Å². The molecule has 0 fully saturated rings. The summed E-state index contributed by atoms with van der Waals surface area (Å²) in [5.74, 6) is 0. The van der Waals surface area contributed by atoms with Gasteiger partial charge < -0.3 is 0 Å². The van der Waals surface area contributed by atoms with Crippen LogP contribution in [0.1, 0.15) is 26.7 Å². The van der Waals surface area contributed by atoms with Gasteiger partial charge in [0.15, 0.2) is 0 Å². The molecule has 1 rings (SSSR count). The van der Waals surface area contributed by atoms with Crippen molar-refractivity contribution < 1.29 is 4.70 Å². The predicted molar refractivity (Wildman–Crippen MR) is 64.5 cm³/mol. The van der Waals surface area contributed by atoms with Gasteiger partial charge in [0.2, 0.25) is 0 Å². The first-order valence-corrected chi connectivity index (χ1v) is 10.7. The maximum Gasteiger partial charge on any atom is -0.269 e. The first-order valence-electron chi connectivity index (χ1n) is 5.28. The van der Waals surface area contributed by atoms with Gasteiger partial charge in [-0.2, -0.15) is 0 Å². The molecule has 0 aliphatic heterocycles. The molecule has 1 aromatic rings. The van der Waals surface area contributed by atoms with E-state index in [1.165, 1.54) is 17.3 Å². The molecule has 0 saturated heterocycles. The van der Waals surface area contributed by atoms with Crippen molar-refractivity contribution in [3.05, 3.63) is 30.3 Å². The van der Waals surface area contributed by atoms with Crippen LogP contribution in [0.25, 0.3) is 0 Å². The second kappa shape index (κ2) is 8.27. The van der Waals surface area contributed by atoms with Crippen LogP contribution in [0.15, 0.2) is 30.3 Å². The zero-order valence-corrected chi connectivity index (χ0v) is 12.0. The number of rotatable bonds is 5. The Morgan fingerprint density at radius 1 is 1.07 bits per heavy atom. The Kier molecular flexibility index (Phi) is 8.24. The van der Waals surface area contributed by atoms with E-state index in [-0.39, 0.29) is 4.70 Å². The second-order valence-electron chi connectivity index (χ2n) is 3.43. The Labute approximate surface area is 93.8 Å². The summed E-state index contributed by atoms with van der Waals surface area (Å²) >= 11 is -1.16. The van der Waals surface area contributed by atoms with Crippen LogP contribution in [0, 0.1) is 0 Å². The molecule has 0 unspecified atom stereocenters. The molecule has 0 nitrogen and oxygen atoms in total.